The van der Waals surface area contributed by atoms with Gasteiger partial charge in [0.2, 0.25) is 5.91 Å². The van der Waals surface area contributed by atoms with Crippen molar-refractivity contribution in [3.05, 3.63) is 29.8 Å². The lowest BCUT2D eigenvalue weighted by Crippen LogP contribution is -2.29. The number of carboxylic acids is 1. The molecule has 2 N–H and O–H groups in total. The van der Waals surface area contributed by atoms with Gasteiger partial charge in [-0.2, -0.15) is 0 Å². The molecule has 0 radical (unpaired) electrons. The summed E-state index contributed by atoms with van der Waals surface area (Å²) in [5, 5.41) is 12.0. The molecule has 0 spiro atoms. The zero-order valence-corrected chi connectivity index (χ0v) is 16.7. The SMILES string of the molecule is CCCCCCCNC(=O)CC(C)Oc1cccc(C[C@H](OC)C(=O)O)c1. The van der Waals surface area contributed by atoms with Crippen molar-refractivity contribution in [3.8, 4) is 5.75 Å². The number of carboxylic acid groups (broad SMARTS) is 1. The predicted octanol–water partition coefficient (Wildman–Crippen LogP) is 3.57. The van der Waals surface area contributed by atoms with Crippen LogP contribution in [0.5, 0.6) is 5.75 Å². The normalized spacial score (nSPS) is 13.0. The quantitative estimate of drug-likeness (QED) is 0.483. The van der Waals surface area contributed by atoms with Gasteiger partial charge < -0.3 is 19.9 Å². The number of amides is 1. The molecule has 0 saturated heterocycles. The zero-order valence-electron chi connectivity index (χ0n) is 16.7. The van der Waals surface area contributed by atoms with Gasteiger partial charge in [-0.15, -0.1) is 0 Å². The monoisotopic (exact) mass is 379 g/mol. The minimum absolute atomic E-state index is 0.0144. The molecule has 0 aromatic heterocycles. The van der Waals surface area contributed by atoms with Crippen LogP contribution in [0.3, 0.4) is 0 Å². The van der Waals surface area contributed by atoms with Crippen LogP contribution in [0.15, 0.2) is 24.3 Å². The number of aliphatic carboxylic acids is 1. The van der Waals surface area contributed by atoms with Gasteiger partial charge in [0.05, 0.1) is 6.42 Å². The lowest BCUT2D eigenvalue weighted by atomic mass is 10.1. The molecule has 1 aromatic rings. The summed E-state index contributed by atoms with van der Waals surface area (Å²) in [6, 6.07) is 7.23. The van der Waals surface area contributed by atoms with Crippen LogP contribution in [-0.4, -0.2) is 42.8 Å². The molecule has 6 heteroatoms. The summed E-state index contributed by atoms with van der Waals surface area (Å²) in [6.45, 7) is 4.74. The second-order valence-corrected chi connectivity index (χ2v) is 6.81. The Bertz CT molecular complexity index is 575. The Balaban J connectivity index is 2.39. The molecule has 1 amide bonds. The number of carbonyl (C=O) groups is 2. The van der Waals surface area contributed by atoms with E-state index in [1.807, 2.05) is 19.1 Å². The van der Waals surface area contributed by atoms with E-state index in [1.54, 1.807) is 12.1 Å². The molecule has 1 unspecified atom stereocenters. The Kier molecular flexibility index (Phi) is 11.2. The van der Waals surface area contributed by atoms with Gasteiger partial charge >= 0.3 is 5.97 Å². The number of hydrogen-bond acceptors (Lipinski definition) is 4. The second kappa shape index (κ2) is 13.1. The largest absolute Gasteiger partial charge is 0.490 e. The topological polar surface area (TPSA) is 84.9 Å². The van der Waals surface area contributed by atoms with Crippen molar-refractivity contribution in [2.45, 2.75) is 71.0 Å². The van der Waals surface area contributed by atoms with Crippen LogP contribution in [0.1, 0.15) is 57.9 Å². The van der Waals surface area contributed by atoms with Crippen LogP contribution >= 0.6 is 0 Å². The molecule has 0 heterocycles. The lowest BCUT2D eigenvalue weighted by molar-refractivity contribution is -0.148. The minimum atomic E-state index is -0.997. The summed E-state index contributed by atoms with van der Waals surface area (Å²) in [5.41, 5.74) is 0.811. The number of hydrogen-bond donors (Lipinski definition) is 2. The maximum absolute atomic E-state index is 12.0. The van der Waals surface area contributed by atoms with Crippen LogP contribution in [0.4, 0.5) is 0 Å². The first kappa shape index (κ1) is 23.0. The Morgan fingerprint density at radius 2 is 1.93 bits per heavy atom. The van der Waals surface area contributed by atoms with Gasteiger partial charge in [0.15, 0.2) is 6.10 Å². The van der Waals surface area contributed by atoms with Crippen molar-refractivity contribution in [2.24, 2.45) is 0 Å². The van der Waals surface area contributed by atoms with Crippen molar-refractivity contribution < 1.29 is 24.2 Å². The van der Waals surface area contributed by atoms with E-state index in [9.17, 15) is 9.59 Å². The molecule has 6 nitrogen and oxygen atoms in total. The van der Waals surface area contributed by atoms with Gasteiger partial charge in [0.1, 0.15) is 11.9 Å². The van der Waals surface area contributed by atoms with E-state index in [4.69, 9.17) is 14.6 Å². The van der Waals surface area contributed by atoms with Crippen LogP contribution in [-0.2, 0) is 20.7 Å². The summed E-state index contributed by atoms with van der Waals surface area (Å²) in [6.07, 6.45) is 5.22. The Hall–Kier alpha value is -2.08. The first-order valence-electron chi connectivity index (χ1n) is 9.74. The number of rotatable bonds is 14. The molecular formula is C21H33NO5. The van der Waals surface area contributed by atoms with E-state index in [-0.39, 0.29) is 24.9 Å². The number of methoxy groups -OCH3 is 1. The molecular weight excluding hydrogens is 346 g/mol. The van der Waals surface area contributed by atoms with E-state index in [1.165, 1.54) is 26.4 Å². The highest BCUT2D eigenvalue weighted by Crippen LogP contribution is 2.18. The molecule has 1 rings (SSSR count). The van der Waals surface area contributed by atoms with E-state index in [2.05, 4.69) is 12.2 Å². The predicted molar refractivity (Wildman–Crippen MR) is 105 cm³/mol. The lowest BCUT2D eigenvalue weighted by Gasteiger charge is -2.16. The first-order valence-corrected chi connectivity index (χ1v) is 9.74. The van der Waals surface area contributed by atoms with Crippen molar-refractivity contribution >= 4 is 11.9 Å². The van der Waals surface area contributed by atoms with Crippen LogP contribution < -0.4 is 10.1 Å². The fourth-order valence-corrected chi connectivity index (χ4v) is 2.79. The zero-order chi connectivity index (χ0) is 20.1. The standard InChI is InChI=1S/C21H33NO5/c1-4-5-6-7-8-12-22-20(23)13-16(2)27-18-11-9-10-17(14-18)15-19(26-3)21(24)25/h9-11,14,16,19H,4-8,12-13,15H2,1-3H3,(H,22,23)(H,24,25)/t16?,19-/m0/s1. The molecule has 0 aliphatic heterocycles. The molecule has 0 fully saturated rings. The van der Waals surface area contributed by atoms with Gasteiger partial charge in [-0.3, -0.25) is 4.79 Å². The maximum Gasteiger partial charge on any atom is 0.333 e. The molecule has 0 aliphatic rings. The summed E-state index contributed by atoms with van der Waals surface area (Å²) < 4.78 is 10.8. The second-order valence-electron chi connectivity index (χ2n) is 6.81. The summed E-state index contributed by atoms with van der Waals surface area (Å²) in [7, 11) is 1.38. The van der Waals surface area contributed by atoms with Gasteiger partial charge in [-0.25, -0.2) is 4.79 Å². The first-order chi connectivity index (χ1) is 13.0. The van der Waals surface area contributed by atoms with Crippen molar-refractivity contribution in [3.63, 3.8) is 0 Å². The highest BCUT2D eigenvalue weighted by atomic mass is 16.5. The van der Waals surface area contributed by atoms with Crippen molar-refractivity contribution in [1.29, 1.82) is 0 Å². The van der Waals surface area contributed by atoms with E-state index < -0.39 is 12.1 Å². The number of nitrogens with one attached hydrogen (secondary N) is 1. The van der Waals surface area contributed by atoms with Crippen LogP contribution in [0.2, 0.25) is 0 Å². The van der Waals surface area contributed by atoms with E-state index in [0.717, 1.165) is 18.4 Å². The summed E-state index contributed by atoms with van der Waals surface area (Å²) >= 11 is 0. The number of benzene rings is 1. The average molecular weight is 379 g/mol. The Morgan fingerprint density at radius 1 is 1.19 bits per heavy atom. The highest BCUT2D eigenvalue weighted by molar-refractivity contribution is 5.76. The molecule has 152 valence electrons. The molecule has 2 atom stereocenters. The Labute approximate surface area is 162 Å². The fourth-order valence-electron chi connectivity index (χ4n) is 2.79. The van der Waals surface area contributed by atoms with E-state index >= 15 is 0 Å². The molecule has 1 aromatic carbocycles. The Morgan fingerprint density at radius 3 is 2.59 bits per heavy atom. The maximum atomic E-state index is 12.0. The highest BCUT2D eigenvalue weighted by Gasteiger charge is 2.17. The minimum Gasteiger partial charge on any atom is -0.490 e. The van der Waals surface area contributed by atoms with Gasteiger partial charge in [0, 0.05) is 20.1 Å². The third-order valence-electron chi connectivity index (χ3n) is 4.29. The number of carbonyl (C=O) groups excluding carboxylic acids is 1. The molecule has 0 saturated carbocycles. The molecule has 0 aliphatic carbocycles. The fraction of sp³-hybridized carbons (Fsp3) is 0.619. The van der Waals surface area contributed by atoms with Crippen molar-refractivity contribution in [1.82, 2.24) is 5.32 Å². The molecule has 0 bridgehead atoms. The third-order valence-corrected chi connectivity index (χ3v) is 4.29. The van der Waals surface area contributed by atoms with Crippen LogP contribution in [0, 0.1) is 0 Å². The van der Waals surface area contributed by atoms with Gasteiger partial charge in [0.25, 0.3) is 0 Å². The summed E-state index contributed by atoms with van der Waals surface area (Å²) in [5.74, 6) is -0.393. The van der Waals surface area contributed by atoms with E-state index in [0.29, 0.717) is 12.3 Å². The van der Waals surface area contributed by atoms with Crippen molar-refractivity contribution in [2.75, 3.05) is 13.7 Å². The molecule has 27 heavy (non-hydrogen) atoms. The van der Waals surface area contributed by atoms with Crippen LogP contribution in [0.25, 0.3) is 0 Å². The number of ether oxygens (including phenoxy) is 2. The third kappa shape index (κ3) is 9.99. The average Bonchev–Trinajstić information content (AvgIpc) is 2.62. The van der Waals surface area contributed by atoms with Gasteiger partial charge in [-0.1, -0.05) is 44.7 Å². The smallest absolute Gasteiger partial charge is 0.333 e. The number of unbranched alkanes of at least 4 members (excludes halogenated alkanes) is 4. The summed E-state index contributed by atoms with van der Waals surface area (Å²) in [4.78, 5) is 23.1. The van der Waals surface area contributed by atoms with Gasteiger partial charge in [-0.05, 0) is 31.0 Å².